The molecule has 20 heavy (non-hydrogen) atoms. The molecule has 1 heterocycles. The van der Waals surface area contributed by atoms with Crippen LogP contribution in [0.3, 0.4) is 0 Å². The highest BCUT2D eigenvalue weighted by Gasteiger charge is 2.19. The first kappa shape index (κ1) is 13.0. The second-order valence-corrected chi connectivity index (χ2v) is 4.84. The number of aliphatic hydroxyl groups is 1. The number of methoxy groups -OCH3 is 1. The van der Waals surface area contributed by atoms with Crippen molar-refractivity contribution >= 4 is 22.7 Å². The summed E-state index contributed by atoms with van der Waals surface area (Å²) in [6, 6.07) is 12.2. The molecule has 0 atom stereocenters. The zero-order valence-electron chi connectivity index (χ0n) is 11.4. The molecule has 1 aliphatic heterocycles. The van der Waals surface area contributed by atoms with Crippen molar-refractivity contribution in [3.63, 3.8) is 0 Å². The van der Waals surface area contributed by atoms with E-state index in [0.29, 0.717) is 13.0 Å². The van der Waals surface area contributed by atoms with Crippen molar-refractivity contribution in [2.24, 2.45) is 0 Å². The smallest absolute Gasteiger partial charge is 0.0734 e. The summed E-state index contributed by atoms with van der Waals surface area (Å²) in [6.07, 6.45) is 0.639. The Morgan fingerprint density at radius 1 is 0.950 bits per heavy atom. The SMILES string of the molecule is COCc1cccc2c1Nc1c(CCO)cccc1N2. The van der Waals surface area contributed by atoms with Crippen LogP contribution in [0.15, 0.2) is 36.4 Å². The van der Waals surface area contributed by atoms with E-state index < -0.39 is 0 Å². The molecule has 0 amide bonds. The van der Waals surface area contributed by atoms with Gasteiger partial charge >= 0.3 is 0 Å². The van der Waals surface area contributed by atoms with Gasteiger partial charge in [-0.1, -0.05) is 24.3 Å². The van der Waals surface area contributed by atoms with Gasteiger partial charge in [-0.3, -0.25) is 0 Å². The average molecular weight is 270 g/mol. The van der Waals surface area contributed by atoms with Crippen LogP contribution in [0.5, 0.6) is 0 Å². The number of hydrogen-bond donors (Lipinski definition) is 3. The molecule has 0 unspecified atom stereocenters. The van der Waals surface area contributed by atoms with Gasteiger partial charge in [0.05, 0.1) is 29.4 Å². The van der Waals surface area contributed by atoms with Crippen molar-refractivity contribution in [1.82, 2.24) is 0 Å². The second-order valence-electron chi connectivity index (χ2n) is 4.84. The average Bonchev–Trinajstić information content (AvgIpc) is 2.47. The van der Waals surface area contributed by atoms with E-state index in [0.717, 1.165) is 33.9 Å². The fraction of sp³-hybridized carbons (Fsp3) is 0.250. The fourth-order valence-electron chi connectivity index (χ4n) is 2.58. The van der Waals surface area contributed by atoms with Crippen LogP contribution in [0.2, 0.25) is 0 Å². The molecule has 0 aromatic heterocycles. The van der Waals surface area contributed by atoms with E-state index in [1.807, 2.05) is 30.3 Å². The number of benzene rings is 2. The van der Waals surface area contributed by atoms with Gasteiger partial charge < -0.3 is 20.5 Å². The van der Waals surface area contributed by atoms with Crippen LogP contribution < -0.4 is 10.6 Å². The number of aliphatic hydroxyl groups excluding tert-OH is 1. The molecule has 1 aliphatic rings. The van der Waals surface area contributed by atoms with Gasteiger partial charge in [0.15, 0.2) is 0 Å². The number of anilines is 4. The molecule has 0 saturated carbocycles. The number of rotatable bonds is 4. The molecule has 104 valence electrons. The second kappa shape index (κ2) is 5.53. The van der Waals surface area contributed by atoms with E-state index in [1.54, 1.807) is 7.11 Å². The highest BCUT2D eigenvalue weighted by Crippen LogP contribution is 2.42. The molecule has 2 aromatic rings. The first-order valence-electron chi connectivity index (χ1n) is 6.71. The Hall–Kier alpha value is -2.04. The van der Waals surface area contributed by atoms with E-state index in [1.165, 1.54) is 0 Å². The largest absolute Gasteiger partial charge is 0.396 e. The summed E-state index contributed by atoms with van der Waals surface area (Å²) in [5.74, 6) is 0. The minimum Gasteiger partial charge on any atom is -0.396 e. The molecule has 4 nitrogen and oxygen atoms in total. The molecule has 0 bridgehead atoms. The van der Waals surface area contributed by atoms with Crippen LogP contribution in [0, 0.1) is 0 Å². The van der Waals surface area contributed by atoms with Gasteiger partial charge in [-0.15, -0.1) is 0 Å². The predicted molar refractivity (Wildman–Crippen MR) is 81.0 cm³/mol. The summed E-state index contributed by atoms with van der Waals surface area (Å²) >= 11 is 0. The van der Waals surface area contributed by atoms with Crippen LogP contribution in [-0.4, -0.2) is 18.8 Å². The Morgan fingerprint density at radius 2 is 1.60 bits per heavy atom. The number of para-hydroxylation sites is 2. The molecule has 2 aromatic carbocycles. The third-order valence-electron chi connectivity index (χ3n) is 3.50. The molecule has 0 fully saturated rings. The summed E-state index contributed by atoms with van der Waals surface area (Å²) in [5.41, 5.74) is 6.40. The third-order valence-corrected chi connectivity index (χ3v) is 3.50. The minimum atomic E-state index is 0.144. The number of hydrogen-bond acceptors (Lipinski definition) is 4. The lowest BCUT2D eigenvalue weighted by atomic mass is 10.0. The van der Waals surface area contributed by atoms with Gasteiger partial charge in [0, 0.05) is 19.3 Å². The van der Waals surface area contributed by atoms with Crippen molar-refractivity contribution < 1.29 is 9.84 Å². The van der Waals surface area contributed by atoms with Gasteiger partial charge in [0.1, 0.15) is 0 Å². The number of fused-ring (bicyclic) bond motifs is 2. The third kappa shape index (κ3) is 2.24. The standard InChI is InChI=1S/C16H18N2O2/c1-20-10-12-5-3-7-14-16(12)18-15-11(8-9-19)4-2-6-13(15)17-14/h2-7,17-19H,8-10H2,1H3. The van der Waals surface area contributed by atoms with Gasteiger partial charge in [0.2, 0.25) is 0 Å². The van der Waals surface area contributed by atoms with Crippen molar-refractivity contribution in [2.75, 3.05) is 24.4 Å². The van der Waals surface area contributed by atoms with Crippen molar-refractivity contribution in [3.8, 4) is 0 Å². The summed E-state index contributed by atoms with van der Waals surface area (Å²) in [4.78, 5) is 0. The summed E-state index contributed by atoms with van der Waals surface area (Å²) < 4.78 is 5.25. The predicted octanol–water partition coefficient (Wildman–Crippen LogP) is 3.17. The van der Waals surface area contributed by atoms with Gasteiger partial charge in [-0.2, -0.15) is 0 Å². The summed E-state index contributed by atoms with van der Waals surface area (Å²) in [7, 11) is 1.70. The lowest BCUT2D eigenvalue weighted by Crippen LogP contribution is -2.11. The van der Waals surface area contributed by atoms with Crippen molar-refractivity contribution in [1.29, 1.82) is 0 Å². The number of ether oxygens (including phenoxy) is 1. The van der Waals surface area contributed by atoms with E-state index in [-0.39, 0.29) is 6.61 Å². The molecule has 0 radical (unpaired) electrons. The van der Waals surface area contributed by atoms with Crippen LogP contribution in [0.1, 0.15) is 11.1 Å². The van der Waals surface area contributed by atoms with Crippen LogP contribution in [0.25, 0.3) is 0 Å². The molecular formula is C16H18N2O2. The highest BCUT2D eigenvalue weighted by molar-refractivity contribution is 5.93. The highest BCUT2D eigenvalue weighted by atomic mass is 16.5. The Balaban J connectivity index is 2.03. The normalized spacial score (nSPS) is 12.1. The Morgan fingerprint density at radius 3 is 2.25 bits per heavy atom. The maximum absolute atomic E-state index is 9.19. The Bertz CT molecular complexity index is 572. The van der Waals surface area contributed by atoms with E-state index in [2.05, 4.69) is 16.7 Å². The molecule has 3 N–H and O–H groups in total. The molecular weight excluding hydrogens is 252 g/mol. The molecule has 0 saturated heterocycles. The zero-order valence-corrected chi connectivity index (χ0v) is 11.4. The molecule has 4 heteroatoms. The Labute approximate surface area is 118 Å². The van der Waals surface area contributed by atoms with E-state index in [4.69, 9.17) is 4.74 Å². The molecule has 3 rings (SSSR count). The van der Waals surface area contributed by atoms with E-state index >= 15 is 0 Å². The van der Waals surface area contributed by atoms with Gasteiger partial charge in [-0.05, 0) is 24.1 Å². The lowest BCUT2D eigenvalue weighted by molar-refractivity contribution is 0.185. The van der Waals surface area contributed by atoms with Crippen molar-refractivity contribution in [2.45, 2.75) is 13.0 Å². The van der Waals surface area contributed by atoms with Crippen LogP contribution >= 0.6 is 0 Å². The summed E-state index contributed by atoms with van der Waals surface area (Å²) in [6.45, 7) is 0.708. The quantitative estimate of drug-likeness (QED) is 0.681. The van der Waals surface area contributed by atoms with Gasteiger partial charge in [-0.25, -0.2) is 0 Å². The lowest BCUT2D eigenvalue weighted by Gasteiger charge is -2.27. The maximum atomic E-state index is 9.19. The Kier molecular flexibility index (Phi) is 3.58. The number of nitrogens with one attached hydrogen (secondary N) is 2. The van der Waals surface area contributed by atoms with Crippen LogP contribution in [-0.2, 0) is 17.8 Å². The van der Waals surface area contributed by atoms with Crippen molar-refractivity contribution in [3.05, 3.63) is 47.5 Å². The summed E-state index contributed by atoms with van der Waals surface area (Å²) in [5, 5.41) is 16.1. The first-order valence-corrected chi connectivity index (χ1v) is 6.71. The molecule has 0 spiro atoms. The first-order chi connectivity index (χ1) is 9.83. The fourth-order valence-corrected chi connectivity index (χ4v) is 2.58. The minimum absolute atomic E-state index is 0.144. The maximum Gasteiger partial charge on any atom is 0.0734 e. The van der Waals surface area contributed by atoms with E-state index in [9.17, 15) is 5.11 Å². The topological polar surface area (TPSA) is 53.5 Å². The molecule has 0 aliphatic carbocycles. The van der Waals surface area contributed by atoms with Crippen LogP contribution in [0.4, 0.5) is 22.7 Å². The van der Waals surface area contributed by atoms with Gasteiger partial charge in [0.25, 0.3) is 0 Å². The zero-order chi connectivity index (χ0) is 13.9. The monoisotopic (exact) mass is 270 g/mol.